The molecule has 2 aromatic heterocycles. The third kappa shape index (κ3) is 4.73. The normalized spacial score (nSPS) is 26.0. The minimum atomic E-state index is -1.24. The van der Waals surface area contributed by atoms with Gasteiger partial charge in [0.25, 0.3) is 0 Å². The lowest BCUT2D eigenvalue weighted by Crippen LogP contribution is -2.39. The third-order valence-electron chi connectivity index (χ3n) is 4.95. The zero-order valence-corrected chi connectivity index (χ0v) is 17.2. The fraction of sp³-hybridized carbons (Fsp3) is 0.556. The summed E-state index contributed by atoms with van der Waals surface area (Å²) in [4.78, 5) is 31.1. The van der Waals surface area contributed by atoms with Crippen LogP contribution in [0.4, 0.5) is 5.69 Å². The first kappa shape index (κ1) is 22.4. The first-order valence-electron chi connectivity index (χ1n) is 9.39. The number of aliphatic carboxylic acids is 1. The largest absolute Gasteiger partial charge is 0.480 e. The number of aliphatic hydroxyl groups excluding tert-OH is 2. The Bertz CT molecular complexity index is 924. The molecule has 0 bridgehead atoms. The van der Waals surface area contributed by atoms with Gasteiger partial charge in [0.2, 0.25) is 0 Å². The molecule has 6 atom stereocenters. The van der Waals surface area contributed by atoms with Gasteiger partial charge in [-0.15, -0.1) is 0 Å². The lowest BCUT2D eigenvalue weighted by Gasteiger charge is -2.17. The number of imidazole rings is 1. The summed E-state index contributed by atoms with van der Waals surface area (Å²) in [7, 11) is -0.559. The third-order valence-corrected chi connectivity index (χ3v) is 7.37. The Morgan fingerprint density at radius 2 is 2.07 bits per heavy atom. The molecule has 1 fully saturated rings. The number of hydrogen-bond donors (Lipinski definition) is 5. The Labute approximate surface area is 175 Å². The van der Waals surface area contributed by atoms with E-state index in [1.54, 1.807) is 6.07 Å². The van der Waals surface area contributed by atoms with E-state index in [0.29, 0.717) is 28.4 Å². The molecule has 3 heterocycles. The quantitative estimate of drug-likeness (QED) is 0.291. The van der Waals surface area contributed by atoms with Crippen molar-refractivity contribution in [3.05, 3.63) is 18.6 Å². The fourth-order valence-electron chi connectivity index (χ4n) is 3.39. The molecule has 1 aliphatic heterocycles. The number of ketones is 1. The first-order chi connectivity index (χ1) is 14.2. The van der Waals surface area contributed by atoms with Crippen LogP contribution in [0.2, 0.25) is 0 Å². The highest BCUT2D eigenvalue weighted by Gasteiger charge is 2.47. The van der Waals surface area contributed by atoms with Gasteiger partial charge in [-0.05, 0) is 23.9 Å². The summed E-state index contributed by atoms with van der Waals surface area (Å²) in [6.45, 7) is 1.45. The van der Waals surface area contributed by atoms with Gasteiger partial charge in [-0.3, -0.25) is 14.2 Å². The average Bonchev–Trinajstić information content (AvgIpc) is 3.22. The van der Waals surface area contributed by atoms with Crippen molar-refractivity contribution in [1.82, 2.24) is 14.5 Å². The minimum absolute atomic E-state index is 0.0490. The molecule has 164 valence electrons. The van der Waals surface area contributed by atoms with Gasteiger partial charge in [0.15, 0.2) is 23.4 Å². The van der Waals surface area contributed by atoms with Gasteiger partial charge in [-0.1, -0.05) is 0 Å². The van der Waals surface area contributed by atoms with Crippen LogP contribution in [0.25, 0.3) is 11.2 Å². The topological polar surface area (TPSA) is 187 Å². The predicted molar refractivity (Wildman–Crippen MR) is 111 cm³/mol. The summed E-state index contributed by atoms with van der Waals surface area (Å²) in [6.07, 6.45) is -0.932. The summed E-state index contributed by atoms with van der Waals surface area (Å²) >= 11 is 0. The van der Waals surface area contributed by atoms with Crippen LogP contribution in [0.1, 0.15) is 19.6 Å². The van der Waals surface area contributed by atoms with E-state index in [1.165, 1.54) is 24.0 Å². The van der Waals surface area contributed by atoms with E-state index < -0.39 is 47.4 Å². The summed E-state index contributed by atoms with van der Waals surface area (Å²) in [5.74, 6) is -0.221. The molecule has 30 heavy (non-hydrogen) atoms. The highest BCUT2D eigenvalue weighted by molar-refractivity contribution is 7.97. The SMILES string of the molecule is CC(=O)C[S+](CCC(N)C(=O)O)C[C@H]1O[C@@H](n2cnc3c(N)ccnc32)[C@@H](O)C1O. The molecule has 1 aliphatic rings. The monoisotopic (exact) mass is 440 g/mol. The number of carboxylic acids is 1. The number of aromatic nitrogens is 3. The van der Waals surface area contributed by atoms with Crippen LogP contribution in [-0.2, 0) is 25.2 Å². The van der Waals surface area contributed by atoms with Crippen LogP contribution < -0.4 is 11.5 Å². The first-order valence-corrected chi connectivity index (χ1v) is 11.1. The molecule has 0 spiro atoms. The number of nitrogen functional groups attached to an aromatic ring is 1. The van der Waals surface area contributed by atoms with Crippen LogP contribution in [0.15, 0.2) is 18.6 Å². The van der Waals surface area contributed by atoms with Crippen LogP contribution in [-0.4, -0.2) is 83.2 Å². The highest BCUT2D eigenvalue weighted by atomic mass is 32.2. The van der Waals surface area contributed by atoms with Gasteiger partial charge < -0.3 is 31.5 Å². The second kappa shape index (κ2) is 9.27. The number of pyridine rings is 1. The summed E-state index contributed by atoms with van der Waals surface area (Å²) in [5, 5.41) is 30.1. The van der Waals surface area contributed by atoms with Crippen molar-refractivity contribution in [3.8, 4) is 0 Å². The molecular weight excluding hydrogens is 414 g/mol. The Hall–Kier alpha value is -2.25. The van der Waals surface area contributed by atoms with Crippen molar-refractivity contribution in [1.29, 1.82) is 0 Å². The van der Waals surface area contributed by atoms with Crippen molar-refractivity contribution < 1.29 is 29.6 Å². The summed E-state index contributed by atoms with van der Waals surface area (Å²) in [5.41, 5.74) is 12.8. The number of aliphatic hydroxyl groups is 2. The van der Waals surface area contributed by atoms with E-state index >= 15 is 0 Å². The zero-order chi connectivity index (χ0) is 22.0. The van der Waals surface area contributed by atoms with Crippen molar-refractivity contribution in [2.75, 3.05) is 23.0 Å². The number of rotatable bonds is 9. The maximum Gasteiger partial charge on any atom is 0.320 e. The number of carboxylic acid groups (broad SMARTS) is 1. The summed E-state index contributed by atoms with van der Waals surface area (Å²) < 4.78 is 7.45. The predicted octanol–water partition coefficient (Wildman–Crippen LogP) is -1.36. The number of nitrogens with zero attached hydrogens (tertiary/aromatic N) is 3. The van der Waals surface area contributed by atoms with E-state index in [1.807, 2.05) is 0 Å². The van der Waals surface area contributed by atoms with Crippen LogP contribution in [0.3, 0.4) is 0 Å². The molecule has 2 aromatic rings. The van der Waals surface area contributed by atoms with Crippen molar-refractivity contribution in [3.63, 3.8) is 0 Å². The van der Waals surface area contributed by atoms with Crippen LogP contribution in [0.5, 0.6) is 0 Å². The molecule has 0 aliphatic carbocycles. The van der Waals surface area contributed by atoms with Crippen molar-refractivity contribution >= 4 is 39.5 Å². The summed E-state index contributed by atoms with van der Waals surface area (Å²) in [6, 6.07) is 0.590. The molecular formula is C18H26N5O6S+. The molecule has 11 nitrogen and oxygen atoms in total. The van der Waals surface area contributed by atoms with E-state index in [-0.39, 0.29) is 18.0 Å². The Morgan fingerprint density at radius 3 is 2.73 bits per heavy atom. The van der Waals surface area contributed by atoms with E-state index in [9.17, 15) is 19.8 Å². The number of carbonyl (C=O) groups is 2. The smallest absolute Gasteiger partial charge is 0.320 e. The number of carbonyl (C=O) groups excluding carboxylic acids is 1. The average molecular weight is 441 g/mol. The molecule has 0 radical (unpaired) electrons. The Morgan fingerprint density at radius 1 is 1.33 bits per heavy atom. The molecule has 3 rings (SSSR count). The lowest BCUT2D eigenvalue weighted by molar-refractivity contribution is -0.138. The molecule has 7 N–H and O–H groups in total. The lowest BCUT2D eigenvalue weighted by atomic mass is 10.1. The fourth-order valence-corrected chi connectivity index (χ4v) is 5.72. The van der Waals surface area contributed by atoms with Gasteiger partial charge in [0.1, 0.15) is 41.4 Å². The van der Waals surface area contributed by atoms with Gasteiger partial charge in [-0.25, -0.2) is 9.97 Å². The number of hydrogen-bond acceptors (Lipinski definition) is 9. The van der Waals surface area contributed by atoms with Crippen LogP contribution in [0, 0.1) is 0 Å². The Balaban J connectivity index is 1.74. The second-order valence-corrected chi connectivity index (χ2v) is 9.59. The molecule has 0 amide bonds. The number of fused-ring (bicyclic) bond motifs is 1. The Kier molecular flexibility index (Phi) is 6.93. The number of anilines is 1. The van der Waals surface area contributed by atoms with Gasteiger partial charge >= 0.3 is 5.97 Å². The van der Waals surface area contributed by atoms with E-state index in [2.05, 4.69) is 9.97 Å². The maximum absolute atomic E-state index is 11.7. The van der Waals surface area contributed by atoms with E-state index in [4.69, 9.17) is 21.3 Å². The zero-order valence-electron chi connectivity index (χ0n) is 16.4. The minimum Gasteiger partial charge on any atom is -0.480 e. The van der Waals surface area contributed by atoms with Gasteiger partial charge in [0.05, 0.1) is 12.0 Å². The molecule has 1 saturated heterocycles. The number of ether oxygens (including phenoxy) is 1. The number of nitrogens with two attached hydrogens (primary N) is 2. The molecule has 0 saturated carbocycles. The van der Waals surface area contributed by atoms with Crippen molar-refractivity contribution in [2.24, 2.45) is 5.73 Å². The maximum atomic E-state index is 11.7. The van der Waals surface area contributed by atoms with Gasteiger partial charge in [-0.2, -0.15) is 0 Å². The molecule has 3 unspecified atom stereocenters. The molecule has 12 heteroatoms. The second-order valence-electron chi connectivity index (χ2n) is 7.33. The number of Topliss-reactive ketones (excluding diaryl/α,β-unsaturated/α-hetero) is 1. The van der Waals surface area contributed by atoms with Crippen molar-refractivity contribution in [2.45, 2.75) is 43.9 Å². The van der Waals surface area contributed by atoms with Gasteiger partial charge in [0, 0.05) is 12.6 Å². The van der Waals surface area contributed by atoms with Crippen LogP contribution >= 0.6 is 0 Å². The van der Waals surface area contributed by atoms with E-state index in [0.717, 1.165) is 0 Å². The standard InChI is InChI=1S/C18H25N5O6S/c1-9(24)6-30(5-3-11(20)18(27)28)7-12-14(25)15(26)17(29-12)23-8-22-13-10(19)2-4-21-16(13)23/h2,4,8,11-12,14-15,17,25-26H,3,5-7,20H2,1H3,(H2-,19,21,27,28)/p+1/t11?,12-,14?,15+,17-,30?/m1/s1. The molecule has 0 aromatic carbocycles. The highest BCUT2D eigenvalue weighted by Crippen LogP contribution is 2.33.